The van der Waals surface area contributed by atoms with Crippen molar-refractivity contribution in [2.75, 3.05) is 5.73 Å². The average molecular weight is 374 g/mol. The Bertz CT molecular complexity index is 919. The third-order valence-electron chi connectivity index (χ3n) is 3.39. The van der Waals surface area contributed by atoms with Gasteiger partial charge in [-0.3, -0.25) is 9.36 Å². The molecule has 1 aromatic heterocycles. The fraction of sp³-hybridized carbons (Fsp3) is 0.0625. The van der Waals surface area contributed by atoms with Crippen molar-refractivity contribution < 1.29 is 4.79 Å². The number of fused-ring (bicyclic) bond motifs is 1. The van der Waals surface area contributed by atoms with Gasteiger partial charge in [-0.2, -0.15) is 0 Å². The zero-order chi connectivity index (χ0) is 15.7. The van der Waals surface area contributed by atoms with Crippen LogP contribution < -0.4 is 5.73 Å². The first kappa shape index (κ1) is 14.9. The van der Waals surface area contributed by atoms with Crippen molar-refractivity contribution >= 4 is 50.7 Å². The molecule has 0 radical (unpaired) electrons. The van der Waals surface area contributed by atoms with Gasteiger partial charge in [0, 0.05) is 15.4 Å². The van der Waals surface area contributed by atoms with Gasteiger partial charge in [-0.05, 0) is 36.5 Å². The fourth-order valence-corrected chi connectivity index (χ4v) is 2.75. The number of carbonyl (C=O) groups is 1. The van der Waals surface area contributed by atoms with Gasteiger partial charge in [0.15, 0.2) is 5.78 Å². The molecule has 0 unspecified atom stereocenters. The van der Waals surface area contributed by atoms with Crippen molar-refractivity contribution in [1.82, 2.24) is 9.55 Å². The molecule has 0 aliphatic carbocycles. The third-order valence-corrected chi connectivity index (χ3v) is 4.23. The Kier molecular flexibility index (Phi) is 4.04. The van der Waals surface area contributed by atoms with E-state index < -0.39 is 0 Å². The Hall–Kier alpha value is -2.05. The molecule has 6 heteroatoms. The van der Waals surface area contributed by atoms with E-state index in [1.807, 2.05) is 36.4 Å². The molecule has 3 rings (SSSR count). The highest BCUT2D eigenvalue weighted by Gasteiger charge is 2.11. The van der Waals surface area contributed by atoms with Crippen LogP contribution in [0.15, 0.2) is 53.0 Å². The number of halogens is 1. The summed E-state index contributed by atoms with van der Waals surface area (Å²) in [6.07, 6.45) is 0. The number of hydrogen-bond donors (Lipinski definition) is 1. The topological polar surface area (TPSA) is 60.9 Å². The molecule has 0 atom stereocenters. The molecule has 0 saturated carbocycles. The highest BCUT2D eigenvalue weighted by atomic mass is 79.9. The van der Waals surface area contributed by atoms with Crippen LogP contribution in [0.25, 0.3) is 10.9 Å². The number of aromatic nitrogens is 2. The quantitative estimate of drug-likeness (QED) is 0.556. The maximum absolute atomic E-state index is 12.4. The Morgan fingerprint density at radius 2 is 1.86 bits per heavy atom. The summed E-state index contributed by atoms with van der Waals surface area (Å²) in [4.78, 5) is 16.7. The molecule has 0 bridgehead atoms. The minimum atomic E-state index is -0.0626. The van der Waals surface area contributed by atoms with Crippen molar-refractivity contribution in [3.05, 3.63) is 63.3 Å². The van der Waals surface area contributed by atoms with Gasteiger partial charge in [0.25, 0.3) is 0 Å². The second kappa shape index (κ2) is 5.98. The van der Waals surface area contributed by atoms with Gasteiger partial charge < -0.3 is 5.73 Å². The van der Waals surface area contributed by atoms with Crippen molar-refractivity contribution in [3.8, 4) is 0 Å². The number of rotatable bonds is 3. The molecule has 3 aromatic rings. The predicted molar refractivity (Wildman–Crippen MR) is 93.5 cm³/mol. The number of nitrogen functional groups attached to an aromatic ring is 1. The number of carbonyl (C=O) groups excluding carboxylic acids is 1. The standard InChI is InChI=1S/C16H12BrN3OS/c17-11-7-5-10(6-8-11)14(21)9-20-15(18)12-3-1-2-4-13(12)19-16(20)22/h1-8H,9,18H2. The minimum Gasteiger partial charge on any atom is -0.384 e. The van der Waals surface area contributed by atoms with Gasteiger partial charge in [0.1, 0.15) is 5.82 Å². The van der Waals surface area contributed by atoms with E-state index in [0.29, 0.717) is 16.2 Å². The molecule has 0 aliphatic rings. The van der Waals surface area contributed by atoms with E-state index in [-0.39, 0.29) is 12.3 Å². The molecular formula is C16H12BrN3OS. The van der Waals surface area contributed by atoms with Crippen LogP contribution in [0.2, 0.25) is 0 Å². The molecule has 0 aliphatic heterocycles. The number of para-hydroxylation sites is 1. The van der Waals surface area contributed by atoms with Crippen molar-refractivity contribution in [3.63, 3.8) is 0 Å². The van der Waals surface area contributed by atoms with Crippen molar-refractivity contribution in [2.24, 2.45) is 0 Å². The zero-order valence-corrected chi connectivity index (χ0v) is 13.9. The largest absolute Gasteiger partial charge is 0.384 e. The van der Waals surface area contributed by atoms with Gasteiger partial charge >= 0.3 is 0 Å². The molecular weight excluding hydrogens is 362 g/mol. The second-order valence-electron chi connectivity index (χ2n) is 4.81. The normalized spacial score (nSPS) is 10.8. The van der Waals surface area contributed by atoms with Crippen LogP contribution in [0.3, 0.4) is 0 Å². The lowest BCUT2D eigenvalue weighted by Gasteiger charge is -2.12. The molecule has 110 valence electrons. The summed E-state index contributed by atoms with van der Waals surface area (Å²) in [5.41, 5.74) is 7.51. The Balaban J connectivity index is 2.02. The molecule has 22 heavy (non-hydrogen) atoms. The Labute approximate surface area is 140 Å². The van der Waals surface area contributed by atoms with Crippen molar-refractivity contribution in [2.45, 2.75) is 6.54 Å². The maximum Gasteiger partial charge on any atom is 0.202 e. The second-order valence-corrected chi connectivity index (χ2v) is 6.09. The molecule has 0 saturated heterocycles. The number of nitrogens with zero attached hydrogens (tertiary/aromatic N) is 2. The summed E-state index contributed by atoms with van der Waals surface area (Å²) in [6.45, 7) is 0.0735. The van der Waals surface area contributed by atoms with E-state index in [4.69, 9.17) is 18.0 Å². The number of anilines is 1. The molecule has 2 aromatic carbocycles. The highest BCUT2D eigenvalue weighted by Crippen LogP contribution is 2.20. The number of Topliss-reactive ketones (excluding diaryl/α,β-unsaturated/α-hetero) is 1. The average Bonchev–Trinajstić information content (AvgIpc) is 2.52. The van der Waals surface area contributed by atoms with Crippen LogP contribution >= 0.6 is 28.1 Å². The Morgan fingerprint density at radius 1 is 1.18 bits per heavy atom. The lowest BCUT2D eigenvalue weighted by atomic mass is 10.1. The molecule has 1 heterocycles. The van der Waals surface area contributed by atoms with E-state index in [0.717, 1.165) is 15.4 Å². The lowest BCUT2D eigenvalue weighted by Crippen LogP contribution is -2.16. The van der Waals surface area contributed by atoms with Crippen LogP contribution in [-0.4, -0.2) is 15.3 Å². The smallest absolute Gasteiger partial charge is 0.202 e. The van der Waals surface area contributed by atoms with Crippen LogP contribution in [0.1, 0.15) is 10.4 Å². The number of hydrogen-bond acceptors (Lipinski definition) is 4. The first-order chi connectivity index (χ1) is 10.6. The van der Waals surface area contributed by atoms with Crippen LogP contribution in [0.5, 0.6) is 0 Å². The summed E-state index contributed by atoms with van der Waals surface area (Å²) >= 11 is 8.62. The summed E-state index contributed by atoms with van der Waals surface area (Å²) < 4.78 is 2.80. The number of ketones is 1. The fourth-order valence-electron chi connectivity index (χ4n) is 2.22. The Morgan fingerprint density at radius 3 is 2.59 bits per heavy atom. The van der Waals surface area contributed by atoms with Gasteiger partial charge in [0.05, 0.1) is 12.1 Å². The minimum absolute atomic E-state index is 0.0626. The molecule has 0 amide bonds. The first-order valence-corrected chi connectivity index (χ1v) is 7.80. The third kappa shape index (κ3) is 2.80. The van der Waals surface area contributed by atoms with E-state index in [1.165, 1.54) is 0 Å². The number of nitrogens with two attached hydrogens (primary N) is 1. The summed E-state index contributed by atoms with van der Waals surface area (Å²) in [7, 11) is 0. The maximum atomic E-state index is 12.4. The zero-order valence-electron chi connectivity index (χ0n) is 11.5. The summed E-state index contributed by atoms with van der Waals surface area (Å²) in [5, 5.41) is 0.791. The highest BCUT2D eigenvalue weighted by molar-refractivity contribution is 9.10. The van der Waals surface area contributed by atoms with E-state index in [9.17, 15) is 4.79 Å². The van der Waals surface area contributed by atoms with Crippen LogP contribution in [0, 0.1) is 4.77 Å². The van der Waals surface area contributed by atoms with E-state index in [2.05, 4.69) is 20.9 Å². The summed E-state index contributed by atoms with van der Waals surface area (Å²) in [6, 6.07) is 14.7. The number of benzene rings is 2. The summed E-state index contributed by atoms with van der Waals surface area (Å²) in [5.74, 6) is 0.397. The van der Waals surface area contributed by atoms with Gasteiger partial charge in [-0.25, -0.2) is 4.98 Å². The monoisotopic (exact) mass is 373 g/mol. The lowest BCUT2D eigenvalue weighted by molar-refractivity contribution is 0.0972. The van der Waals surface area contributed by atoms with Crippen LogP contribution in [-0.2, 0) is 6.54 Å². The van der Waals surface area contributed by atoms with Crippen molar-refractivity contribution in [1.29, 1.82) is 0 Å². The SMILES string of the molecule is Nc1c2ccccc2nc(=S)n1CC(=O)c1ccc(Br)cc1. The molecule has 0 fully saturated rings. The van der Waals surface area contributed by atoms with E-state index in [1.54, 1.807) is 16.7 Å². The van der Waals surface area contributed by atoms with Gasteiger partial charge in [0.2, 0.25) is 4.77 Å². The molecule has 4 nitrogen and oxygen atoms in total. The predicted octanol–water partition coefficient (Wildman–Crippen LogP) is 3.99. The van der Waals surface area contributed by atoms with Crippen LogP contribution in [0.4, 0.5) is 5.82 Å². The van der Waals surface area contributed by atoms with Gasteiger partial charge in [-0.15, -0.1) is 0 Å². The van der Waals surface area contributed by atoms with E-state index >= 15 is 0 Å². The molecule has 2 N–H and O–H groups in total. The molecule has 0 spiro atoms. The van der Waals surface area contributed by atoms with Gasteiger partial charge in [-0.1, -0.05) is 40.2 Å². The first-order valence-electron chi connectivity index (χ1n) is 6.60.